The maximum atomic E-state index is 4.15. The van der Waals surface area contributed by atoms with Gasteiger partial charge in [0.25, 0.3) is 0 Å². The molecule has 1 atom stereocenters. The average Bonchev–Trinajstić information content (AvgIpc) is 2.73. The van der Waals surface area contributed by atoms with E-state index in [1.165, 1.54) is 11.1 Å². The molecule has 2 rings (SSSR count). The molecule has 0 saturated heterocycles. The Morgan fingerprint density at radius 1 is 1.35 bits per heavy atom. The molecule has 0 fully saturated rings. The number of hydrogen-bond acceptors (Lipinski definition) is 2. The third-order valence-corrected chi connectivity index (χ3v) is 3.27. The zero-order valence-electron chi connectivity index (χ0n) is 10.0. The molecule has 4 heteroatoms. The van der Waals surface area contributed by atoms with Crippen LogP contribution >= 0.6 is 15.9 Å². The fourth-order valence-electron chi connectivity index (χ4n) is 1.70. The molecule has 0 aliphatic carbocycles. The van der Waals surface area contributed by atoms with E-state index in [0.717, 1.165) is 11.0 Å². The summed E-state index contributed by atoms with van der Waals surface area (Å²) in [4.78, 5) is 0. The molecule has 0 amide bonds. The second-order valence-electron chi connectivity index (χ2n) is 4.18. The first kappa shape index (κ1) is 12.3. The second kappa shape index (κ2) is 5.47. The summed E-state index contributed by atoms with van der Waals surface area (Å²) in [7, 11) is 1.93. The van der Waals surface area contributed by atoms with E-state index in [9.17, 15) is 0 Å². The first-order valence-corrected chi connectivity index (χ1v) is 6.41. The molecule has 90 valence electrons. The minimum absolute atomic E-state index is 0.336. The number of rotatable bonds is 4. The summed E-state index contributed by atoms with van der Waals surface area (Å²) in [5.74, 6) is 0. The number of nitrogens with one attached hydrogen (secondary N) is 1. The largest absolute Gasteiger partial charge is 0.306 e. The number of benzene rings is 1. The maximum Gasteiger partial charge on any atom is 0.0534 e. The Balaban J connectivity index is 1.93. The summed E-state index contributed by atoms with van der Waals surface area (Å²) in [5, 5.41) is 7.63. The average molecular weight is 294 g/mol. The lowest BCUT2D eigenvalue weighted by atomic mass is 10.1. The highest BCUT2D eigenvalue weighted by atomic mass is 79.9. The van der Waals surface area contributed by atoms with Crippen LogP contribution in [-0.4, -0.2) is 9.78 Å². The predicted molar refractivity (Wildman–Crippen MR) is 72.6 cm³/mol. The quantitative estimate of drug-likeness (QED) is 0.939. The third kappa shape index (κ3) is 3.41. The van der Waals surface area contributed by atoms with Gasteiger partial charge in [0, 0.05) is 35.9 Å². The zero-order chi connectivity index (χ0) is 12.3. The predicted octanol–water partition coefficient (Wildman–Crippen LogP) is 3.03. The lowest BCUT2D eigenvalue weighted by Crippen LogP contribution is -2.17. The summed E-state index contributed by atoms with van der Waals surface area (Å²) in [6.07, 6.45) is 3.92. The van der Waals surface area contributed by atoms with Crippen molar-refractivity contribution in [3.05, 3.63) is 52.3 Å². The van der Waals surface area contributed by atoms with Gasteiger partial charge in [-0.25, -0.2) is 0 Å². The van der Waals surface area contributed by atoms with Crippen molar-refractivity contribution in [2.75, 3.05) is 0 Å². The van der Waals surface area contributed by atoms with E-state index in [2.05, 4.69) is 57.5 Å². The molecule has 1 aromatic carbocycles. The molecule has 0 radical (unpaired) electrons. The van der Waals surface area contributed by atoms with Crippen molar-refractivity contribution < 1.29 is 0 Å². The smallest absolute Gasteiger partial charge is 0.0534 e. The van der Waals surface area contributed by atoms with Crippen LogP contribution in [0, 0.1) is 0 Å². The fraction of sp³-hybridized carbons (Fsp3) is 0.308. The van der Waals surface area contributed by atoms with Gasteiger partial charge >= 0.3 is 0 Å². The second-order valence-corrected chi connectivity index (χ2v) is 5.09. The number of hydrogen-bond donors (Lipinski definition) is 1. The summed E-state index contributed by atoms with van der Waals surface area (Å²) in [6.45, 7) is 3.00. The topological polar surface area (TPSA) is 29.9 Å². The Bertz CT molecular complexity index is 476. The lowest BCUT2D eigenvalue weighted by Gasteiger charge is -2.13. The Labute approximate surface area is 110 Å². The summed E-state index contributed by atoms with van der Waals surface area (Å²) >= 11 is 3.44. The van der Waals surface area contributed by atoms with Gasteiger partial charge in [-0.05, 0) is 24.6 Å². The van der Waals surface area contributed by atoms with Crippen LogP contribution in [0.5, 0.6) is 0 Å². The molecule has 0 bridgehead atoms. The summed E-state index contributed by atoms with van der Waals surface area (Å²) in [6, 6.07) is 8.73. The van der Waals surface area contributed by atoms with Gasteiger partial charge in [0.15, 0.2) is 0 Å². The van der Waals surface area contributed by atoms with E-state index in [-0.39, 0.29) is 0 Å². The van der Waals surface area contributed by atoms with E-state index < -0.39 is 0 Å². The Morgan fingerprint density at radius 2 is 2.06 bits per heavy atom. The molecule has 17 heavy (non-hydrogen) atoms. The van der Waals surface area contributed by atoms with E-state index in [1.807, 2.05) is 24.1 Å². The van der Waals surface area contributed by atoms with E-state index in [1.54, 1.807) is 0 Å². The molecule has 2 aromatic rings. The van der Waals surface area contributed by atoms with Crippen LogP contribution in [0.3, 0.4) is 0 Å². The zero-order valence-corrected chi connectivity index (χ0v) is 11.6. The highest BCUT2D eigenvalue weighted by molar-refractivity contribution is 9.10. The molecule has 1 N–H and O–H groups in total. The number of aromatic nitrogens is 2. The normalized spacial score (nSPS) is 12.6. The van der Waals surface area contributed by atoms with E-state index in [0.29, 0.717) is 6.04 Å². The number of halogens is 1. The first-order chi connectivity index (χ1) is 8.15. The summed E-state index contributed by atoms with van der Waals surface area (Å²) < 4.78 is 2.93. The number of nitrogens with zero attached hydrogens (tertiary/aromatic N) is 2. The van der Waals surface area contributed by atoms with Crippen LogP contribution in [-0.2, 0) is 13.6 Å². The van der Waals surface area contributed by atoms with Crippen LogP contribution in [0.1, 0.15) is 24.1 Å². The molecule has 1 aromatic heterocycles. The molecule has 0 unspecified atom stereocenters. The molecule has 0 aliphatic heterocycles. The van der Waals surface area contributed by atoms with Crippen molar-refractivity contribution in [2.24, 2.45) is 7.05 Å². The summed E-state index contributed by atoms with van der Waals surface area (Å²) in [5.41, 5.74) is 2.49. The van der Waals surface area contributed by atoms with Gasteiger partial charge < -0.3 is 5.32 Å². The third-order valence-electron chi connectivity index (χ3n) is 2.74. The maximum absolute atomic E-state index is 4.15. The lowest BCUT2D eigenvalue weighted by molar-refractivity contribution is 0.574. The fourth-order valence-corrected chi connectivity index (χ4v) is 1.97. The van der Waals surface area contributed by atoms with Gasteiger partial charge in [-0.3, -0.25) is 4.68 Å². The van der Waals surface area contributed by atoms with Crippen molar-refractivity contribution in [1.29, 1.82) is 0 Å². The van der Waals surface area contributed by atoms with Crippen LogP contribution in [0.25, 0.3) is 0 Å². The van der Waals surface area contributed by atoms with Gasteiger partial charge in [0.05, 0.1) is 6.20 Å². The monoisotopic (exact) mass is 293 g/mol. The molecule has 1 heterocycles. The van der Waals surface area contributed by atoms with Gasteiger partial charge in [0.2, 0.25) is 0 Å². The van der Waals surface area contributed by atoms with Crippen LogP contribution < -0.4 is 5.32 Å². The minimum atomic E-state index is 0.336. The van der Waals surface area contributed by atoms with Gasteiger partial charge in [-0.2, -0.15) is 5.10 Å². The highest BCUT2D eigenvalue weighted by Gasteiger charge is 2.05. The molecule has 0 spiro atoms. The van der Waals surface area contributed by atoms with Crippen molar-refractivity contribution in [1.82, 2.24) is 15.1 Å². The Kier molecular flexibility index (Phi) is 3.97. The highest BCUT2D eigenvalue weighted by Crippen LogP contribution is 2.16. The van der Waals surface area contributed by atoms with Crippen molar-refractivity contribution in [2.45, 2.75) is 19.5 Å². The molecule has 0 saturated carbocycles. The Hall–Kier alpha value is -1.13. The molecular weight excluding hydrogens is 278 g/mol. The van der Waals surface area contributed by atoms with Crippen molar-refractivity contribution in [3.63, 3.8) is 0 Å². The number of aryl methyl sites for hydroxylation is 1. The van der Waals surface area contributed by atoms with Crippen molar-refractivity contribution in [3.8, 4) is 0 Å². The van der Waals surface area contributed by atoms with Gasteiger partial charge in [0.1, 0.15) is 0 Å². The van der Waals surface area contributed by atoms with E-state index >= 15 is 0 Å². The van der Waals surface area contributed by atoms with Crippen LogP contribution in [0.2, 0.25) is 0 Å². The SMILES string of the molecule is C[C@@H](NCc1cnn(C)c1)c1ccc(Br)cc1. The first-order valence-electron chi connectivity index (χ1n) is 5.61. The van der Waals surface area contributed by atoms with Crippen molar-refractivity contribution >= 4 is 15.9 Å². The molecule has 3 nitrogen and oxygen atoms in total. The minimum Gasteiger partial charge on any atom is -0.306 e. The van der Waals surface area contributed by atoms with Gasteiger partial charge in [-0.15, -0.1) is 0 Å². The Morgan fingerprint density at radius 3 is 2.65 bits per heavy atom. The van der Waals surface area contributed by atoms with Gasteiger partial charge in [-0.1, -0.05) is 28.1 Å². The molecular formula is C13H16BrN3. The molecule has 0 aliphatic rings. The van der Waals surface area contributed by atoms with E-state index in [4.69, 9.17) is 0 Å². The van der Waals surface area contributed by atoms with Crippen LogP contribution in [0.15, 0.2) is 41.1 Å². The van der Waals surface area contributed by atoms with Crippen LogP contribution in [0.4, 0.5) is 0 Å². The standard InChI is InChI=1S/C13H16BrN3/c1-10(12-3-5-13(14)6-4-12)15-7-11-8-16-17(2)9-11/h3-6,8-10,15H,7H2,1-2H3/t10-/m1/s1.